The summed E-state index contributed by atoms with van der Waals surface area (Å²) < 4.78 is 5.00. The SMILES string of the molecule is CCCCC/C=C/CC1=CC(C)OC1=O. The molecular formula is C13H20O2. The van der Waals surface area contributed by atoms with E-state index in [-0.39, 0.29) is 12.1 Å². The summed E-state index contributed by atoms with van der Waals surface area (Å²) in [6, 6.07) is 0. The van der Waals surface area contributed by atoms with Crippen molar-refractivity contribution < 1.29 is 9.53 Å². The van der Waals surface area contributed by atoms with Gasteiger partial charge in [-0.1, -0.05) is 31.9 Å². The molecule has 1 atom stereocenters. The van der Waals surface area contributed by atoms with Crippen LogP contribution < -0.4 is 0 Å². The first-order valence-corrected chi connectivity index (χ1v) is 5.80. The molecule has 1 aliphatic rings. The van der Waals surface area contributed by atoms with Crippen molar-refractivity contribution in [2.24, 2.45) is 0 Å². The number of carbonyl (C=O) groups is 1. The van der Waals surface area contributed by atoms with Gasteiger partial charge < -0.3 is 4.74 Å². The number of unbranched alkanes of at least 4 members (excludes halogenated alkanes) is 3. The smallest absolute Gasteiger partial charge is 0.334 e. The van der Waals surface area contributed by atoms with Crippen molar-refractivity contribution in [2.45, 2.75) is 52.1 Å². The van der Waals surface area contributed by atoms with Gasteiger partial charge in [-0.25, -0.2) is 4.79 Å². The monoisotopic (exact) mass is 208 g/mol. The molecule has 0 bridgehead atoms. The van der Waals surface area contributed by atoms with E-state index in [9.17, 15) is 4.79 Å². The summed E-state index contributed by atoms with van der Waals surface area (Å²) in [5.74, 6) is -0.152. The van der Waals surface area contributed by atoms with Crippen LogP contribution in [0.25, 0.3) is 0 Å². The highest BCUT2D eigenvalue weighted by atomic mass is 16.5. The standard InChI is InChI=1S/C13H20O2/c1-3-4-5-6-7-8-9-12-10-11(2)15-13(12)14/h7-8,10-11H,3-6,9H2,1-2H3/b8-7+. The van der Waals surface area contributed by atoms with E-state index in [4.69, 9.17) is 4.74 Å². The van der Waals surface area contributed by atoms with Crippen molar-refractivity contribution >= 4 is 5.97 Å². The molecule has 0 aromatic rings. The molecule has 1 heterocycles. The Kier molecular flexibility index (Phi) is 5.16. The molecule has 1 aliphatic heterocycles. The molecule has 0 spiro atoms. The molecule has 0 fully saturated rings. The van der Waals surface area contributed by atoms with E-state index >= 15 is 0 Å². The molecule has 0 aromatic carbocycles. The Morgan fingerprint density at radius 1 is 1.40 bits per heavy atom. The lowest BCUT2D eigenvalue weighted by Gasteiger charge is -1.97. The number of ether oxygens (including phenoxy) is 1. The molecule has 0 radical (unpaired) electrons. The number of hydrogen-bond donors (Lipinski definition) is 0. The Hall–Kier alpha value is -1.05. The minimum atomic E-state index is -0.152. The van der Waals surface area contributed by atoms with E-state index in [1.165, 1.54) is 19.3 Å². The van der Waals surface area contributed by atoms with E-state index in [1.54, 1.807) is 0 Å². The number of carbonyl (C=O) groups excluding carboxylic acids is 1. The Bertz CT molecular complexity index is 264. The number of allylic oxidation sites excluding steroid dienone is 2. The summed E-state index contributed by atoms with van der Waals surface area (Å²) in [5, 5.41) is 0. The first kappa shape index (κ1) is 12.0. The van der Waals surface area contributed by atoms with Crippen LogP contribution in [0.2, 0.25) is 0 Å². The Labute approximate surface area is 92.0 Å². The van der Waals surface area contributed by atoms with Gasteiger partial charge in [0.2, 0.25) is 0 Å². The van der Waals surface area contributed by atoms with Crippen LogP contribution in [0.1, 0.15) is 46.0 Å². The maximum Gasteiger partial charge on any atom is 0.334 e. The van der Waals surface area contributed by atoms with Gasteiger partial charge in [0.1, 0.15) is 6.10 Å². The van der Waals surface area contributed by atoms with E-state index in [2.05, 4.69) is 19.1 Å². The van der Waals surface area contributed by atoms with Gasteiger partial charge in [-0.2, -0.15) is 0 Å². The normalized spacial score (nSPS) is 20.8. The maximum absolute atomic E-state index is 11.2. The van der Waals surface area contributed by atoms with Gasteiger partial charge in [0.15, 0.2) is 0 Å². The third-order valence-electron chi connectivity index (χ3n) is 2.47. The van der Waals surface area contributed by atoms with Gasteiger partial charge in [-0.3, -0.25) is 0 Å². The summed E-state index contributed by atoms with van der Waals surface area (Å²) in [7, 11) is 0. The summed E-state index contributed by atoms with van der Waals surface area (Å²) in [6.45, 7) is 4.08. The molecule has 0 aromatic heterocycles. The van der Waals surface area contributed by atoms with Crippen LogP contribution in [0.3, 0.4) is 0 Å². The summed E-state index contributed by atoms with van der Waals surface area (Å²) in [4.78, 5) is 11.2. The Morgan fingerprint density at radius 2 is 2.20 bits per heavy atom. The fourth-order valence-corrected chi connectivity index (χ4v) is 1.62. The first-order chi connectivity index (χ1) is 7.24. The van der Waals surface area contributed by atoms with Crippen LogP contribution in [-0.4, -0.2) is 12.1 Å². The third-order valence-corrected chi connectivity index (χ3v) is 2.47. The van der Waals surface area contributed by atoms with Crippen molar-refractivity contribution in [3.05, 3.63) is 23.8 Å². The van der Waals surface area contributed by atoms with Crippen molar-refractivity contribution in [1.29, 1.82) is 0 Å². The number of rotatable bonds is 6. The fourth-order valence-electron chi connectivity index (χ4n) is 1.62. The molecule has 0 amide bonds. The molecule has 0 saturated carbocycles. The molecule has 0 saturated heterocycles. The van der Waals surface area contributed by atoms with Gasteiger partial charge in [0, 0.05) is 5.57 Å². The van der Waals surface area contributed by atoms with Crippen LogP contribution in [0.15, 0.2) is 23.8 Å². The first-order valence-electron chi connectivity index (χ1n) is 5.80. The zero-order valence-corrected chi connectivity index (χ0v) is 9.66. The average Bonchev–Trinajstić information content (AvgIpc) is 2.51. The zero-order valence-electron chi connectivity index (χ0n) is 9.66. The number of cyclic esters (lactones) is 1. The minimum Gasteiger partial charge on any atom is -0.455 e. The lowest BCUT2D eigenvalue weighted by Crippen LogP contribution is -2.03. The predicted molar refractivity (Wildman–Crippen MR) is 61.5 cm³/mol. The second-order valence-corrected chi connectivity index (χ2v) is 3.97. The number of hydrogen-bond acceptors (Lipinski definition) is 2. The minimum absolute atomic E-state index is 0.0407. The second kappa shape index (κ2) is 6.44. The molecule has 84 valence electrons. The van der Waals surface area contributed by atoms with E-state index < -0.39 is 0 Å². The van der Waals surface area contributed by atoms with Crippen LogP contribution >= 0.6 is 0 Å². The molecule has 1 unspecified atom stereocenters. The lowest BCUT2D eigenvalue weighted by molar-refractivity contribution is -0.139. The summed E-state index contributed by atoms with van der Waals surface area (Å²) >= 11 is 0. The molecule has 15 heavy (non-hydrogen) atoms. The molecule has 0 aliphatic carbocycles. The zero-order chi connectivity index (χ0) is 11.1. The topological polar surface area (TPSA) is 26.3 Å². The van der Waals surface area contributed by atoms with Crippen LogP contribution in [-0.2, 0) is 9.53 Å². The fraction of sp³-hybridized carbons (Fsp3) is 0.615. The highest BCUT2D eigenvalue weighted by Crippen LogP contribution is 2.16. The Balaban J connectivity index is 2.19. The second-order valence-electron chi connectivity index (χ2n) is 3.97. The van der Waals surface area contributed by atoms with E-state index in [0.29, 0.717) is 0 Å². The van der Waals surface area contributed by atoms with Crippen molar-refractivity contribution in [3.8, 4) is 0 Å². The molecule has 1 rings (SSSR count). The van der Waals surface area contributed by atoms with Gasteiger partial charge in [-0.15, -0.1) is 0 Å². The molecule has 0 N–H and O–H groups in total. The van der Waals surface area contributed by atoms with Gasteiger partial charge in [0.05, 0.1) is 0 Å². The summed E-state index contributed by atoms with van der Waals surface area (Å²) in [5.41, 5.74) is 0.800. The quantitative estimate of drug-likeness (QED) is 0.380. The summed E-state index contributed by atoms with van der Waals surface area (Å²) in [6.07, 6.45) is 11.7. The third kappa shape index (κ3) is 4.32. The van der Waals surface area contributed by atoms with Crippen molar-refractivity contribution in [1.82, 2.24) is 0 Å². The predicted octanol–water partition coefficient (Wildman–Crippen LogP) is 3.38. The van der Waals surface area contributed by atoms with E-state index in [1.807, 2.05) is 13.0 Å². The van der Waals surface area contributed by atoms with E-state index in [0.717, 1.165) is 18.4 Å². The van der Waals surface area contributed by atoms with Crippen molar-refractivity contribution in [3.63, 3.8) is 0 Å². The van der Waals surface area contributed by atoms with Crippen molar-refractivity contribution in [2.75, 3.05) is 0 Å². The van der Waals surface area contributed by atoms with Crippen LogP contribution in [0, 0.1) is 0 Å². The highest BCUT2D eigenvalue weighted by Gasteiger charge is 2.20. The molecule has 2 heteroatoms. The van der Waals surface area contributed by atoms with Gasteiger partial charge in [0.25, 0.3) is 0 Å². The molecule has 2 nitrogen and oxygen atoms in total. The highest BCUT2D eigenvalue weighted by molar-refractivity contribution is 5.91. The van der Waals surface area contributed by atoms with Crippen LogP contribution in [0.5, 0.6) is 0 Å². The van der Waals surface area contributed by atoms with Gasteiger partial charge in [-0.05, 0) is 32.3 Å². The average molecular weight is 208 g/mol. The Morgan fingerprint density at radius 3 is 2.80 bits per heavy atom. The lowest BCUT2D eigenvalue weighted by atomic mass is 10.1. The van der Waals surface area contributed by atoms with Gasteiger partial charge >= 0.3 is 5.97 Å². The molecular weight excluding hydrogens is 188 g/mol. The van der Waals surface area contributed by atoms with Crippen LogP contribution in [0.4, 0.5) is 0 Å². The largest absolute Gasteiger partial charge is 0.455 e. The number of esters is 1. The maximum atomic E-state index is 11.2.